The number of fused-ring (bicyclic) bond motifs is 5. The Hall–Kier alpha value is 0.350. The smallest absolute Gasteiger partial charge is 0.550 e. The van der Waals surface area contributed by atoms with E-state index in [0.717, 1.165) is 38.5 Å². The average molecular weight is 445 g/mol. The van der Waals surface area contributed by atoms with Crippen LogP contribution in [-0.2, 0) is 4.79 Å². The molecule has 0 radical (unpaired) electrons. The van der Waals surface area contributed by atoms with Gasteiger partial charge in [-0.25, -0.2) is 0 Å². The van der Waals surface area contributed by atoms with Crippen LogP contribution in [0.3, 0.4) is 0 Å². The van der Waals surface area contributed by atoms with Crippen molar-refractivity contribution in [1.82, 2.24) is 0 Å². The van der Waals surface area contributed by atoms with E-state index in [1.165, 1.54) is 0 Å². The Bertz CT molecular complexity index is 687. The van der Waals surface area contributed by atoms with E-state index >= 15 is 0 Å². The maximum absolute atomic E-state index is 11.6. The summed E-state index contributed by atoms with van der Waals surface area (Å²) in [5, 5.41) is 44.3. The van der Waals surface area contributed by atoms with Crippen molar-refractivity contribution in [1.29, 1.82) is 0 Å². The zero-order chi connectivity index (χ0) is 22.1. The number of aliphatic hydroxyl groups excluding tert-OH is 3. The molecule has 4 aliphatic carbocycles. The van der Waals surface area contributed by atoms with E-state index in [1.54, 1.807) is 0 Å². The molecule has 4 aliphatic rings. The largest absolute Gasteiger partial charge is 1.00 e. The minimum Gasteiger partial charge on any atom is -0.550 e. The van der Waals surface area contributed by atoms with Crippen molar-refractivity contribution >= 4 is 5.97 Å². The Balaban J connectivity index is 0.00000272. The van der Waals surface area contributed by atoms with E-state index in [2.05, 4.69) is 27.7 Å². The van der Waals surface area contributed by atoms with Gasteiger partial charge in [-0.1, -0.05) is 27.7 Å². The molecule has 0 saturated heterocycles. The molecule has 0 amide bonds. The number of hydrogen-bond acceptors (Lipinski definition) is 5. The fraction of sp³-hybridized carbons (Fsp3) is 0.960. The molecule has 4 saturated carbocycles. The summed E-state index contributed by atoms with van der Waals surface area (Å²) in [4.78, 5) is 11.0. The quantitative estimate of drug-likeness (QED) is 0.508. The normalized spacial score (nSPS) is 52.3. The van der Waals surface area contributed by atoms with E-state index in [1.807, 2.05) is 0 Å². The van der Waals surface area contributed by atoms with E-state index in [9.17, 15) is 25.2 Å². The van der Waals surface area contributed by atoms with Crippen LogP contribution < -0.4 is 34.7 Å². The Labute approximate surface area is 209 Å². The van der Waals surface area contributed by atoms with Gasteiger partial charge in [0, 0.05) is 11.4 Å². The molecule has 31 heavy (non-hydrogen) atoms. The molecule has 5 nitrogen and oxygen atoms in total. The standard InChI is InChI=1S/C25H42O5.Na/c1-14(5-8-22(29)30)17-6-7-18-24(17,3)21(28)13-19-23(2)10-9-16(26)11-15(23)12-20(27)25(18,19)4;/h14-21,26-28H,5-13H2,1-4H3,(H,29,30);/q;+1/p-1/t14-,15+,16-,17-,18-,19-,20-,21+,23+,24-,25+;/m1./s1. The first kappa shape index (κ1) is 26.0. The molecular formula is C25H41NaO5. The molecule has 0 aliphatic heterocycles. The van der Waals surface area contributed by atoms with Gasteiger partial charge in [0.25, 0.3) is 0 Å². The number of carboxylic acids is 1. The van der Waals surface area contributed by atoms with Crippen LogP contribution in [0.15, 0.2) is 0 Å². The molecule has 11 atom stereocenters. The number of aliphatic carboxylic acids is 1. The van der Waals surface area contributed by atoms with Crippen LogP contribution in [0.4, 0.5) is 0 Å². The minimum atomic E-state index is -1.00. The number of aliphatic hydroxyl groups is 3. The SMILES string of the molecule is C[C@H](CCC(=O)[O-])[C@H]1CC[C@@H]2[C@]1(C)[C@@H](O)C[C@@H]1[C@@]3(C)CC[C@@H](O)C[C@H]3C[C@@H](O)[C@@]21C.[Na+]. The zero-order valence-electron chi connectivity index (χ0n) is 20.1. The molecule has 0 unspecified atom stereocenters. The first-order chi connectivity index (χ1) is 14.0. The van der Waals surface area contributed by atoms with Crippen LogP contribution in [0.5, 0.6) is 0 Å². The molecule has 0 aromatic heterocycles. The Morgan fingerprint density at radius 3 is 2.26 bits per heavy atom. The van der Waals surface area contributed by atoms with Gasteiger partial charge in [-0.05, 0) is 98.2 Å². The number of carbonyl (C=O) groups is 1. The van der Waals surface area contributed by atoms with Crippen LogP contribution in [0.1, 0.15) is 85.5 Å². The topological polar surface area (TPSA) is 101 Å². The van der Waals surface area contributed by atoms with Crippen LogP contribution in [0, 0.1) is 45.8 Å². The van der Waals surface area contributed by atoms with Crippen molar-refractivity contribution in [2.45, 2.75) is 104 Å². The van der Waals surface area contributed by atoms with Crippen LogP contribution in [0.2, 0.25) is 0 Å². The molecule has 0 aromatic rings. The molecular weight excluding hydrogens is 403 g/mol. The van der Waals surface area contributed by atoms with E-state index in [0.29, 0.717) is 18.8 Å². The summed E-state index contributed by atoms with van der Waals surface area (Å²) in [5.41, 5.74) is -0.493. The van der Waals surface area contributed by atoms with Gasteiger partial charge >= 0.3 is 29.6 Å². The molecule has 0 bridgehead atoms. The van der Waals surface area contributed by atoms with Crippen molar-refractivity contribution in [3.63, 3.8) is 0 Å². The number of carbonyl (C=O) groups excluding carboxylic acids is 1. The van der Waals surface area contributed by atoms with Gasteiger partial charge in [0.15, 0.2) is 0 Å². The average Bonchev–Trinajstić information content (AvgIpc) is 3.04. The molecule has 4 rings (SSSR count). The van der Waals surface area contributed by atoms with E-state index in [-0.39, 0.29) is 82.0 Å². The summed E-state index contributed by atoms with van der Waals surface area (Å²) < 4.78 is 0. The van der Waals surface area contributed by atoms with Crippen molar-refractivity contribution in [2.75, 3.05) is 0 Å². The van der Waals surface area contributed by atoms with Gasteiger partial charge in [0.2, 0.25) is 0 Å². The zero-order valence-corrected chi connectivity index (χ0v) is 22.1. The fourth-order valence-electron chi connectivity index (χ4n) is 9.29. The Morgan fingerprint density at radius 2 is 1.61 bits per heavy atom. The van der Waals surface area contributed by atoms with Crippen LogP contribution >= 0.6 is 0 Å². The van der Waals surface area contributed by atoms with Crippen molar-refractivity contribution in [2.24, 2.45) is 45.8 Å². The molecule has 0 spiro atoms. The third kappa shape index (κ3) is 3.78. The molecule has 0 aromatic carbocycles. The number of carboxylic acid groups (broad SMARTS) is 1. The van der Waals surface area contributed by atoms with Gasteiger partial charge < -0.3 is 25.2 Å². The van der Waals surface area contributed by atoms with Gasteiger partial charge in [-0.15, -0.1) is 0 Å². The number of rotatable bonds is 4. The predicted molar refractivity (Wildman–Crippen MR) is 112 cm³/mol. The second-order valence-electron chi connectivity index (χ2n) is 12.0. The minimum absolute atomic E-state index is 0. The molecule has 6 heteroatoms. The van der Waals surface area contributed by atoms with E-state index in [4.69, 9.17) is 0 Å². The van der Waals surface area contributed by atoms with Crippen molar-refractivity contribution in [3.05, 3.63) is 0 Å². The molecule has 4 fully saturated rings. The molecule has 172 valence electrons. The molecule has 3 N–H and O–H groups in total. The first-order valence-electron chi connectivity index (χ1n) is 12.2. The maximum Gasteiger partial charge on any atom is 1.00 e. The summed E-state index contributed by atoms with van der Waals surface area (Å²) in [5.74, 6) is 0.261. The second-order valence-corrected chi connectivity index (χ2v) is 12.0. The summed E-state index contributed by atoms with van der Waals surface area (Å²) in [7, 11) is 0. The van der Waals surface area contributed by atoms with Crippen molar-refractivity contribution in [3.8, 4) is 0 Å². The first-order valence-corrected chi connectivity index (χ1v) is 12.2. The summed E-state index contributed by atoms with van der Waals surface area (Å²) >= 11 is 0. The molecule has 0 heterocycles. The summed E-state index contributed by atoms with van der Waals surface area (Å²) in [6.45, 7) is 8.96. The predicted octanol–water partition coefficient (Wildman–Crippen LogP) is -0.492. The summed E-state index contributed by atoms with van der Waals surface area (Å²) in [6.07, 6.45) is 5.50. The monoisotopic (exact) mass is 444 g/mol. The maximum atomic E-state index is 11.6. The number of hydrogen-bond donors (Lipinski definition) is 3. The van der Waals surface area contributed by atoms with Crippen molar-refractivity contribution < 1.29 is 54.8 Å². The van der Waals surface area contributed by atoms with E-state index < -0.39 is 18.2 Å². The Kier molecular flexibility index (Phi) is 7.41. The van der Waals surface area contributed by atoms with Gasteiger partial charge in [-0.3, -0.25) is 0 Å². The summed E-state index contributed by atoms with van der Waals surface area (Å²) in [6, 6.07) is 0. The van der Waals surface area contributed by atoms with Gasteiger partial charge in [0.05, 0.1) is 18.3 Å². The van der Waals surface area contributed by atoms with Gasteiger partial charge in [0.1, 0.15) is 0 Å². The third-order valence-electron chi connectivity index (χ3n) is 11.0. The van der Waals surface area contributed by atoms with Crippen LogP contribution in [-0.4, -0.2) is 39.6 Å². The van der Waals surface area contributed by atoms with Gasteiger partial charge in [-0.2, -0.15) is 0 Å². The Morgan fingerprint density at radius 1 is 0.968 bits per heavy atom. The third-order valence-corrected chi connectivity index (χ3v) is 11.0. The second kappa shape index (κ2) is 8.85. The fourth-order valence-corrected chi connectivity index (χ4v) is 9.29. The van der Waals surface area contributed by atoms with Crippen LogP contribution in [0.25, 0.3) is 0 Å².